The number of nitrogens with one attached hydrogen (secondary N) is 1. The number of nitrogens with zero attached hydrogens (tertiary/aromatic N) is 2. The minimum Gasteiger partial charge on any atom is -0.382 e. The maximum absolute atomic E-state index is 11.9. The summed E-state index contributed by atoms with van der Waals surface area (Å²) in [4.78, 5) is 11.9. The summed E-state index contributed by atoms with van der Waals surface area (Å²) in [7, 11) is 0. The third-order valence-corrected chi connectivity index (χ3v) is 2.90. The molecule has 1 N–H and O–H groups in total. The number of anilines is 1. The molecule has 0 fully saturated rings. The van der Waals surface area contributed by atoms with Gasteiger partial charge in [-0.25, -0.2) is 4.68 Å². The minimum absolute atomic E-state index is 0.0722. The van der Waals surface area contributed by atoms with Crippen molar-refractivity contribution in [1.29, 1.82) is 0 Å². The van der Waals surface area contributed by atoms with Crippen LogP contribution in [0.25, 0.3) is 0 Å². The lowest BCUT2D eigenvalue weighted by molar-refractivity contribution is 0.501. The molecule has 90 valence electrons. The predicted octanol–water partition coefficient (Wildman–Crippen LogP) is 2.65. The van der Waals surface area contributed by atoms with Crippen LogP contribution < -0.4 is 10.9 Å². The van der Waals surface area contributed by atoms with Crippen molar-refractivity contribution in [3.8, 4) is 0 Å². The summed E-state index contributed by atoms with van der Waals surface area (Å²) in [6.45, 7) is 8.92. The van der Waals surface area contributed by atoms with Crippen molar-refractivity contribution in [1.82, 2.24) is 9.78 Å². The van der Waals surface area contributed by atoms with Crippen LogP contribution in [0.2, 0.25) is 0 Å². The average Bonchev–Trinajstić information content (AvgIpc) is 2.19. The molecule has 4 nitrogen and oxygen atoms in total. The molecular formula is C11H18BrN3O. The highest BCUT2D eigenvalue weighted by Crippen LogP contribution is 2.17. The lowest BCUT2D eigenvalue weighted by Crippen LogP contribution is -2.26. The van der Waals surface area contributed by atoms with E-state index in [1.165, 1.54) is 4.68 Å². The zero-order valence-electron chi connectivity index (χ0n) is 10.1. The SMILES string of the molecule is CC(C)CNc1cnn(C(C)C)c(=O)c1Br. The van der Waals surface area contributed by atoms with Gasteiger partial charge in [0.05, 0.1) is 17.9 Å². The molecule has 0 amide bonds. The highest BCUT2D eigenvalue weighted by Gasteiger charge is 2.10. The lowest BCUT2D eigenvalue weighted by Gasteiger charge is -2.13. The number of aromatic nitrogens is 2. The summed E-state index contributed by atoms with van der Waals surface area (Å²) in [5, 5.41) is 7.32. The summed E-state index contributed by atoms with van der Waals surface area (Å²) in [6, 6.07) is 0.0722. The molecule has 0 saturated heterocycles. The zero-order chi connectivity index (χ0) is 12.3. The monoisotopic (exact) mass is 287 g/mol. The molecule has 0 atom stereocenters. The number of halogens is 1. The van der Waals surface area contributed by atoms with E-state index in [-0.39, 0.29) is 11.6 Å². The van der Waals surface area contributed by atoms with E-state index < -0.39 is 0 Å². The molecular weight excluding hydrogens is 270 g/mol. The van der Waals surface area contributed by atoms with Gasteiger partial charge in [0, 0.05) is 6.54 Å². The second kappa shape index (κ2) is 5.48. The summed E-state index contributed by atoms with van der Waals surface area (Å²) in [6.07, 6.45) is 1.69. The molecule has 1 aromatic heterocycles. The van der Waals surface area contributed by atoms with Gasteiger partial charge in [0.15, 0.2) is 0 Å². The van der Waals surface area contributed by atoms with Crippen LogP contribution in [0.1, 0.15) is 33.7 Å². The molecule has 0 spiro atoms. The van der Waals surface area contributed by atoms with Gasteiger partial charge in [0.2, 0.25) is 0 Å². The van der Waals surface area contributed by atoms with Crippen LogP contribution in [0, 0.1) is 5.92 Å². The van der Waals surface area contributed by atoms with Crippen molar-refractivity contribution in [2.75, 3.05) is 11.9 Å². The third kappa shape index (κ3) is 3.07. The van der Waals surface area contributed by atoms with Crippen molar-refractivity contribution >= 4 is 21.6 Å². The Morgan fingerprint density at radius 1 is 1.44 bits per heavy atom. The molecule has 0 aliphatic rings. The van der Waals surface area contributed by atoms with Gasteiger partial charge in [-0.05, 0) is 35.7 Å². The largest absolute Gasteiger partial charge is 0.382 e. The first kappa shape index (κ1) is 13.2. The van der Waals surface area contributed by atoms with Crippen molar-refractivity contribution in [2.45, 2.75) is 33.7 Å². The summed E-state index contributed by atoms with van der Waals surface area (Å²) < 4.78 is 2.02. The fourth-order valence-electron chi connectivity index (χ4n) is 1.25. The minimum atomic E-state index is -0.0937. The van der Waals surface area contributed by atoms with E-state index in [2.05, 4.69) is 40.2 Å². The molecule has 16 heavy (non-hydrogen) atoms. The van der Waals surface area contributed by atoms with Gasteiger partial charge in [-0.3, -0.25) is 4.79 Å². The van der Waals surface area contributed by atoms with Crippen LogP contribution in [-0.4, -0.2) is 16.3 Å². The molecule has 0 bridgehead atoms. The Hall–Kier alpha value is -0.840. The van der Waals surface area contributed by atoms with Crippen LogP contribution in [0.3, 0.4) is 0 Å². The smallest absolute Gasteiger partial charge is 0.283 e. The third-order valence-electron chi connectivity index (χ3n) is 2.13. The zero-order valence-corrected chi connectivity index (χ0v) is 11.7. The topological polar surface area (TPSA) is 46.9 Å². The first-order valence-corrected chi connectivity index (χ1v) is 6.24. The van der Waals surface area contributed by atoms with Crippen LogP contribution in [0.5, 0.6) is 0 Å². The van der Waals surface area contributed by atoms with E-state index in [1.807, 2.05) is 13.8 Å². The van der Waals surface area contributed by atoms with E-state index in [1.54, 1.807) is 6.20 Å². The van der Waals surface area contributed by atoms with Crippen LogP contribution in [0.4, 0.5) is 5.69 Å². The second-order valence-corrected chi connectivity index (χ2v) is 5.28. The van der Waals surface area contributed by atoms with Crippen molar-refractivity contribution in [3.05, 3.63) is 21.0 Å². The number of hydrogen-bond donors (Lipinski definition) is 1. The van der Waals surface area contributed by atoms with Gasteiger partial charge >= 0.3 is 0 Å². The molecule has 0 unspecified atom stereocenters. The Balaban J connectivity index is 2.98. The Morgan fingerprint density at radius 3 is 2.56 bits per heavy atom. The van der Waals surface area contributed by atoms with Gasteiger partial charge < -0.3 is 5.32 Å². The molecule has 5 heteroatoms. The fourth-order valence-corrected chi connectivity index (χ4v) is 1.67. The first-order valence-electron chi connectivity index (χ1n) is 5.44. The van der Waals surface area contributed by atoms with E-state index in [4.69, 9.17) is 0 Å². The normalized spacial score (nSPS) is 11.2. The van der Waals surface area contributed by atoms with E-state index in [9.17, 15) is 4.79 Å². The Labute approximate surface area is 104 Å². The van der Waals surface area contributed by atoms with E-state index in [0.717, 1.165) is 12.2 Å². The fraction of sp³-hybridized carbons (Fsp3) is 0.636. The van der Waals surface area contributed by atoms with Gasteiger partial charge in [-0.15, -0.1) is 0 Å². The van der Waals surface area contributed by atoms with Gasteiger partial charge in [-0.2, -0.15) is 5.10 Å². The molecule has 1 aromatic rings. The average molecular weight is 288 g/mol. The number of rotatable bonds is 4. The first-order chi connectivity index (χ1) is 7.43. The number of hydrogen-bond acceptors (Lipinski definition) is 3. The van der Waals surface area contributed by atoms with Gasteiger partial charge in [-0.1, -0.05) is 13.8 Å². The summed E-state index contributed by atoms with van der Waals surface area (Å²) in [5.41, 5.74) is 0.666. The molecule has 1 rings (SSSR count). The molecule has 0 aliphatic heterocycles. The maximum Gasteiger partial charge on any atom is 0.283 e. The summed E-state index contributed by atoms with van der Waals surface area (Å²) >= 11 is 3.31. The lowest BCUT2D eigenvalue weighted by atomic mass is 10.2. The quantitative estimate of drug-likeness (QED) is 0.926. The Kier molecular flexibility index (Phi) is 4.53. The van der Waals surface area contributed by atoms with E-state index in [0.29, 0.717) is 10.4 Å². The van der Waals surface area contributed by atoms with Crippen molar-refractivity contribution in [3.63, 3.8) is 0 Å². The van der Waals surface area contributed by atoms with Gasteiger partial charge in [0.25, 0.3) is 5.56 Å². The standard InChI is InChI=1S/C11H18BrN3O/c1-7(2)5-13-9-6-14-15(8(3)4)11(16)10(9)12/h6-8,13H,5H2,1-4H3. The molecule has 0 radical (unpaired) electrons. The highest BCUT2D eigenvalue weighted by molar-refractivity contribution is 9.10. The second-order valence-electron chi connectivity index (χ2n) is 4.49. The predicted molar refractivity (Wildman–Crippen MR) is 69.9 cm³/mol. The summed E-state index contributed by atoms with van der Waals surface area (Å²) in [5.74, 6) is 0.527. The highest BCUT2D eigenvalue weighted by atomic mass is 79.9. The van der Waals surface area contributed by atoms with E-state index >= 15 is 0 Å². The molecule has 0 aliphatic carbocycles. The maximum atomic E-state index is 11.9. The van der Waals surface area contributed by atoms with Gasteiger partial charge in [0.1, 0.15) is 4.47 Å². The van der Waals surface area contributed by atoms with Crippen molar-refractivity contribution in [2.24, 2.45) is 5.92 Å². The Morgan fingerprint density at radius 2 is 2.06 bits per heavy atom. The molecule has 0 aromatic carbocycles. The molecule has 1 heterocycles. The van der Waals surface area contributed by atoms with Crippen LogP contribution >= 0.6 is 15.9 Å². The van der Waals surface area contributed by atoms with Crippen LogP contribution in [0.15, 0.2) is 15.5 Å². The van der Waals surface area contributed by atoms with Crippen LogP contribution in [-0.2, 0) is 0 Å². The van der Waals surface area contributed by atoms with Crippen molar-refractivity contribution < 1.29 is 0 Å². The Bertz CT molecular complexity index is 412. The molecule has 0 saturated carbocycles.